The van der Waals surface area contributed by atoms with Crippen LogP contribution in [0.1, 0.15) is 11.1 Å². The van der Waals surface area contributed by atoms with Gasteiger partial charge in [-0.3, -0.25) is 0 Å². The Balaban J connectivity index is 2.05. The van der Waals surface area contributed by atoms with E-state index in [0.717, 1.165) is 6.07 Å². The standard InChI is InChI=1S/C14H11BFNO3/c16-13-6-10(8-17)5-11(7-13)9-20-14-3-1-12(2-4-14)15(18)19/h1-7,18-19H,9H2. The SMILES string of the molecule is N#Cc1cc(F)cc(COc2ccc(B(O)O)cc2)c1. The molecular formula is C14H11BFNO3. The van der Waals surface area contributed by atoms with E-state index in [1.165, 1.54) is 18.2 Å². The molecule has 0 amide bonds. The maximum Gasteiger partial charge on any atom is 0.488 e. The summed E-state index contributed by atoms with van der Waals surface area (Å²) in [6, 6.07) is 12.1. The molecule has 4 nitrogen and oxygen atoms in total. The first-order valence-corrected chi connectivity index (χ1v) is 5.87. The summed E-state index contributed by atoms with van der Waals surface area (Å²) in [4.78, 5) is 0. The smallest absolute Gasteiger partial charge is 0.488 e. The second-order valence-corrected chi connectivity index (χ2v) is 4.19. The second-order valence-electron chi connectivity index (χ2n) is 4.19. The average Bonchev–Trinajstić information content (AvgIpc) is 2.45. The van der Waals surface area contributed by atoms with E-state index < -0.39 is 12.9 Å². The fourth-order valence-electron chi connectivity index (χ4n) is 1.70. The fourth-order valence-corrected chi connectivity index (χ4v) is 1.70. The molecule has 0 aromatic heterocycles. The highest BCUT2D eigenvalue weighted by atomic mass is 19.1. The third-order valence-corrected chi connectivity index (χ3v) is 2.67. The Kier molecular flexibility index (Phi) is 4.36. The van der Waals surface area contributed by atoms with Gasteiger partial charge < -0.3 is 14.8 Å². The fraction of sp³-hybridized carbons (Fsp3) is 0.0714. The molecule has 2 aromatic carbocycles. The highest BCUT2D eigenvalue weighted by Crippen LogP contribution is 2.13. The van der Waals surface area contributed by atoms with E-state index in [0.29, 0.717) is 16.8 Å². The van der Waals surface area contributed by atoms with Crippen LogP contribution in [0.15, 0.2) is 42.5 Å². The monoisotopic (exact) mass is 271 g/mol. The summed E-state index contributed by atoms with van der Waals surface area (Å²) in [6.07, 6.45) is 0. The summed E-state index contributed by atoms with van der Waals surface area (Å²) in [6.45, 7) is 0.119. The molecule has 0 heterocycles. The minimum atomic E-state index is -1.52. The predicted octanol–water partition coefficient (Wildman–Crippen LogP) is 0.956. The second kappa shape index (κ2) is 6.19. The van der Waals surface area contributed by atoms with Gasteiger partial charge in [-0.05, 0) is 41.4 Å². The Bertz CT molecular complexity index is 638. The molecule has 2 aromatic rings. The van der Waals surface area contributed by atoms with Crippen LogP contribution in [0.25, 0.3) is 0 Å². The van der Waals surface area contributed by atoms with E-state index in [-0.39, 0.29) is 12.2 Å². The number of benzene rings is 2. The highest BCUT2D eigenvalue weighted by Gasteiger charge is 2.10. The molecule has 0 radical (unpaired) electrons. The number of hydrogen-bond acceptors (Lipinski definition) is 4. The Morgan fingerprint density at radius 1 is 1.15 bits per heavy atom. The number of nitriles is 1. The molecule has 2 N–H and O–H groups in total. The molecule has 2 rings (SSSR count). The zero-order valence-corrected chi connectivity index (χ0v) is 10.5. The molecule has 0 atom stereocenters. The minimum Gasteiger partial charge on any atom is -0.489 e. The van der Waals surface area contributed by atoms with E-state index >= 15 is 0 Å². The molecule has 0 aliphatic rings. The molecule has 0 saturated carbocycles. The molecule has 0 aliphatic carbocycles. The van der Waals surface area contributed by atoms with Gasteiger partial charge in [0.1, 0.15) is 18.2 Å². The molecule has 6 heteroatoms. The van der Waals surface area contributed by atoms with Crippen LogP contribution in [0.5, 0.6) is 5.75 Å². The van der Waals surface area contributed by atoms with Crippen molar-refractivity contribution in [2.45, 2.75) is 6.61 Å². The predicted molar refractivity (Wildman–Crippen MR) is 71.7 cm³/mol. The van der Waals surface area contributed by atoms with Crippen LogP contribution in [-0.2, 0) is 6.61 Å². The Hall–Kier alpha value is -2.36. The number of hydrogen-bond donors (Lipinski definition) is 2. The summed E-state index contributed by atoms with van der Waals surface area (Å²) in [5.74, 6) is 0.0265. The van der Waals surface area contributed by atoms with Crippen molar-refractivity contribution >= 4 is 12.6 Å². The molecular weight excluding hydrogens is 260 g/mol. The van der Waals surface area contributed by atoms with Crippen molar-refractivity contribution in [1.29, 1.82) is 5.26 Å². The van der Waals surface area contributed by atoms with E-state index in [4.69, 9.17) is 20.0 Å². The van der Waals surface area contributed by atoms with Crippen LogP contribution in [0, 0.1) is 17.1 Å². The Morgan fingerprint density at radius 2 is 1.85 bits per heavy atom. The van der Waals surface area contributed by atoms with Crippen LogP contribution in [-0.4, -0.2) is 17.2 Å². The lowest BCUT2D eigenvalue weighted by Gasteiger charge is -2.07. The van der Waals surface area contributed by atoms with Crippen LogP contribution >= 0.6 is 0 Å². The van der Waals surface area contributed by atoms with Gasteiger partial charge in [-0.25, -0.2) is 4.39 Å². The molecule has 20 heavy (non-hydrogen) atoms. The molecule has 0 unspecified atom stereocenters. The first kappa shape index (κ1) is 14.1. The quantitative estimate of drug-likeness (QED) is 0.812. The Labute approximate surface area is 115 Å². The van der Waals surface area contributed by atoms with Crippen LogP contribution in [0.3, 0.4) is 0 Å². The molecule has 0 bridgehead atoms. The van der Waals surface area contributed by atoms with Crippen molar-refractivity contribution in [1.82, 2.24) is 0 Å². The third-order valence-electron chi connectivity index (χ3n) is 2.67. The zero-order valence-electron chi connectivity index (χ0n) is 10.5. The molecule has 0 aliphatic heterocycles. The van der Waals surface area contributed by atoms with Crippen molar-refractivity contribution in [3.05, 3.63) is 59.4 Å². The van der Waals surface area contributed by atoms with Gasteiger partial charge in [-0.15, -0.1) is 0 Å². The van der Waals surface area contributed by atoms with E-state index in [9.17, 15) is 4.39 Å². The number of nitrogens with zero attached hydrogens (tertiary/aromatic N) is 1. The molecule has 0 saturated heterocycles. The van der Waals surface area contributed by atoms with Crippen molar-refractivity contribution in [3.8, 4) is 11.8 Å². The molecule has 0 fully saturated rings. The number of rotatable bonds is 4. The van der Waals surface area contributed by atoms with Gasteiger partial charge in [0.15, 0.2) is 0 Å². The minimum absolute atomic E-state index is 0.119. The number of ether oxygens (including phenoxy) is 1. The van der Waals surface area contributed by atoms with Gasteiger partial charge in [0.2, 0.25) is 0 Å². The van der Waals surface area contributed by atoms with Gasteiger partial charge in [-0.2, -0.15) is 5.26 Å². The maximum atomic E-state index is 13.2. The van der Waals surface area contributed by atoms with Gasteiger partial charge in [0.05, 0.1) is 11.6 Å². The van der Waals surface area contributed by atoms with Crippen molar-refractivity contribution in [2.24, 2.45) is 0 Å². The molecule has 0 spiro atoms. The molecule has 100 valence electrons. The van der Waals surface area contributed by atoms with Crippen molar-refractivity contribution < 1.29 is 19.2 Å². The van der Waals surface area contributed by atoms with E-state index in [1.807, 2.05) is 6.07 Å². The maximum absolute atomic E-state index is 13.2. The lowest BCUT2D eigenvalue weighted by Crippen LogP contribution is -2.29. The highest BCUT2D eigenvalue weighted by molar-refractivity contribution is 6.58. The summed E-state index contributed by atoms with van der Waals surface area (Å²) >= 11 is 0. The summed E-state index contributed by atoms with van der Waals surface area (Å²) in [5.41, 5.74) is 1.14. The topological polar surface area (TPSA) is 73.5 Å². The first-order chi connectivity index (χ1) is 9.58. The van der Waals surface area contributed by atoms with Gasteiger partial charge in [-0.1, -0.05) is 12.1 Å². The number of halogens is 1. The Morgan fingerprint density at radius 3 is 2.45 bits per heavy atom. The average molecular weight is 271 g/mol. The lowest BCUT2D eigenvalue weighted by molar-refractivity contribution is 0.305. The van der Waals surface area contributed by atoms with Crippen molar-refractivity contribution in [3.63, 3.8) is 0 Å². The zero-order chi connectivity index (χ0) is 14.5. The lowest BCUT2D eigenvalue weighted by atomic mass is 9.80. The van der Waals surface area contributed by atoms with Gasteiger partial charge in [0.25, 0.3) is 0 Å². The van der Waals surface area contributed by atoms with E-state index in [2.05, 4.69) is 0 Å². The summed E-state index contributed by atoms with van der Waals surface area (Å²) < 4.78 is 18.7. The van der Waals surface area contributed by atoms with Crippen LogP contribution in [0.2, 0.25) is 0 Å². The van der Waals surface area contributed by atoms with Crippen molar-refractivity contribution in [2.75, 3.05) is 0 Å². The van der Waals surface area contributed by atoms with Crippen LogP contribution < -0.4 is 10.2 Å². The van der Waals surface area contributed by atoms with Crippen LogP contribution in [0.4, 0.5) is 4.39 Å². The normalized spacial score (nSPS) is 9.90. The largest absolute Gasteiger partial charge is 0.489 e. The van der Waals surface area contributed by atoms with Gasteiger partial charge >= 0.3 is 7.12 Å². The van der Waals surface area contributed by atoms with Gasteiger partial charge in [0, 0.05) is 0 Å². The van der Waals surface area contributed by atoms with E-state index in [1.54, 1.807) is 18.2 Å². The summed E-state index contributed by atoms with van der Waals surface area (Å²) in [5, 5.41) is 26.7. The third kappa shape index (κ3) is 3.57. The first-order valence-electron chi connectivity index (χ1n) is 5.87. The summed E-state index contributed by atoms with van der Waals surface area (Å²) in [7, 11) is -1.52.